The molecule has 0 spiro atoms. The summed E-state index contributed by atoms with van der Waals surface area (Å²) in [5.41, 5.74) is 8.21. The molecular formula is C15H18BrN3O3Se. The van der Waals surface area contributed by atoms with Crippen LogP contribution in [0.25, 0.3) is 4.47 Å². The molecule has 2 rings (SSSR count). The molecule has 0 saturated carbocycles. The molecule has 6 nitrogen and oxygen atoms in total. The van der Waals surface area contributed by atoms with Crippen LogP contribution >= 0.6 is 15.9 Å². The predicted molar refractivity (Wildman–Crippen MR) is 91.9 cm³/mol. The number of carbonyl (C=O) groups excluding carboxylic acids is 2. The van der Waals surface area contributed by atoms with Gasteiger partial charge in [0.1, 0.15) is 0 Å². The second-order valence-corrected chi connectivity index (χ2v) is 9.50. The van der Waals surface area contributed by atoms with E-state index in [4.69, 9.17) is 10.6 Å². The van der Waals surface area contributed by atoms with Gasteiger partial charge in [0.2, 0.25) is 0 Å². The van der Waals surface area contributed by atoms with E-state index in [0.717, 1.165) is 14.5 Å². The number of nitrogens with two attached hydrogens (primary N) is 1. The van der Waals surface area contributed by atoms with Gasteiger partial charge in [-0.3, -0.25) is 0 Å². The van der Waals surface area contributed by atoms with Crippen molar-refractivity contribution in [3.8, 4) is 0 Å². The van der Waals surface area contributed by atoms with Gasteiger partial charge in [-0.15, -0.1) is 0 Å². The van der Waals surface area contributed by atoms with Gasteiger partial charge in [0.25, 0.3) is 0 Å². The number of halogens is 1. The molecule has 4 N–H and O–H groups in total. The molecule has 0 radical (unpaired) electrons. The minimum absolute atomic E-state index is 0.516. The van der Waals surface area contributed by atoms with Crippen LogP contribution in [-0.2, 0) is 14.4 Å². The zero-order valence-electron chi connectivity index (χ0n) is 13.0. The van der Waals surface area contributed by atoms with Crippen molar-refractivity contribution in [3.05, 3.63) is 40.5 Å². The summed E-state index contributed by atoms with van der Waals surface area (Å²) in [5.74, 6) is -1.31. The summed E-state index contributed by atoms with van der Waals surface area (Å²) in [6, 6.07) is 7.64. The van der Waals surface area contributed by atoms with E-state index >= 15 is 0 Å². The summed E-state index contributed by atoms with van der Waals surface area (Å²) in [4.78, 5) is 29.7. The van der Waals surface area contributed by atoms with Gasteiger partial charge in [-0.2, -0.15) is 0 Å². The van der Waals surface area contributed by atoms with Crippen LogP contribution in [0.5, 0.6) is 0 Å². The van der Waals surface area contributed by atoms with Crippen molar-refractivity contribution in [1.82, 2.24) is 10.8 Å². The van der Waals surface area contributed by atoms with Gasteiger partial charge in [0.15, 0.2) is 0 Å². The van der Waals surface area contributed by atoms with E-state index in [0.29, 0.717) is 0 Å². The summed E-state index contributed by atoms with van der Waals surface area (Å²) in [6.07, 6.45) is 1.67. The van der Waals surface area contributed by atoms with Crippen molar-refractivity contribution in [1.29, 1.82) is 0 Å². The number of amides is 2. The summed E-state index contributed by atoms with van der Waals surface area (Å²) in [7, 11) is 0. The molecule has 8 heteroatoms. The maximum absolute atomic E-state index is 12.5. The summed E-state index contributed by atoms with van der Waals surface area (Å²) >= 11 is 2.86. The molecule has 0 saturated heterocycles. The van der Waals surface area contributed by atoms with Gasteiger partial charge in [-0.25, -0.2) is 0 Å². The number of hydrogen-bond acceptors (Lipinski definition) is 4. The van der Waals surface area contributed by atoms with Crippen LogP contribution in [0.2, 0.25) is 0 Å². The van der Waals surface area contributed by atoms with E-state index in [2.05, 4.69) is 26.7 Å². The van der Waals surface area contributed by atoms with E-state index in [1.165, 1.54) is 0 Å². The number of nitrogens with one attached hydrogen (secondary N) is 2. The number of hydroxylamine groups is 1. The van der Waals surface area contributed by atoms with Gasteiger partial charge >= 0.3 is 149 Å². The van der Waals surface area contributed by atoms with Crippen LogP contribution in [0.3, 0.4) is 0 Å². The van der Waals surface area contributed by atoms with Crippen LogP contribution in [-0.4, -0.2) is 36.8 Å². The molecule has 1 atom stereocenters. The van der Waals surface area contributed by atoms with Crippen LogP contribution in [0.4, 0.5) is 0 Å². The first-order chi connectivity index (χ1) is 10.6. The zero-order valence-corrected chi connectivity index (χ0v) is 16.3. The fourth-order valence-corrected chi connectivity index (χ4v) is 4.24. The van der Waals surface area contributed by atoms with Crippen LogP contribution in [0, 0.1) is 0 Å². The van der Waals surface area contributed by atoms with Crippen molar-refractivity contribution >= 4 is 47.2 Å². The number of rotatable bonds is 4. The molecule has 1 aliphatic heterocycles. The summed E-state index contributed by atoms with van der Waals surface area (Å²) in [6.45, 7) is 5.38. The zero-order chi connectivity index (χ0) is 17.3. The number of primary amides is 1. The van der Waals surface area contributed by atoms with Crippen molar-refractivity contribution in [2.75, 3.05) is 0 Å². The van der Waals surface area contributed by atoms with Gasteiger partial charge in [-0.05, 0) is 0 Å². The molecule has 1 unspecified atom stereocenters. The van der Waals surface area contributed by atoms with Crippen LogP contribution in [0.15, 0.2) is 34.9 Å². The number of hydrogen-bond donors (Lipinski definition) is 3. The first-order valence-corrected chi connectivity index (χ1v) is 9.36. The molecular weight excluding hydrogens is 429 g/mol. The number of benzene rings is 1. The van der Waals surface area contributed by atoms with Gasteiger partial charge in [0.05, 0.1) is 0 Å². The van der Waals surface area contributed by atoms with Gasteiger partial charge < -0.3 is 0 Å². The standard InChI is InChI=1S/C15H18BrN3O3Se/c1-14(2,3)22-19-13(21)15(12(17)20)18-8-11(23-15)9-4-6-10(16)7-5-9/h4-8,18H,1-3H3,(H2,17,20)(H,19,21). The Morgan fingerprint density at radius 3 is 2.43 bits per heavy atom. The Hall–Kier alpha value is -1.34. The van der Waals surface area contributed by atoms with Crippen molar-refractivity contribution < 1.29 is 14.4 Å². The average Bonchev–Trinajstić information content (AvgIpc) is 2.91. The Balaban J connectivity index is 2.17. The van der Waals surface area contributed by atoms with E-state index in [-0.39, 0.29) is 0 Å². The van der Waals surface area contributed by atoms with Crippen molar-refractivity contribution in [2.24, 2.45) is 5.73 Å². The predicted octanol–water partition coefficient (Wildman–Crippen LogP) is 1.08. The molecule has 2 amide bonds. The monoisotopic (exact) mass is 447 g/mol. The van der Waals surface area contributed by atoms with Crippen LogP contribution in [0.1, 0.15) is 26.3 Å². The Labute approximate surface area is 149 Å². The molecule has 0 fully saturated rings. The van der Waals surface area contributed by atoms with E-state index in [1.54, 1.807) is 27.0 Å². The topological polar surface area (TPSA) is 93.4 Å². The van der Waals surface area contributed by atoms with Crippen LogP contribution < -0.4 is 16.5 Å². The third kappa shape index (κ3) is 4.14. The fourth-order valence-electron chi connectivity index (χ4n) is 1.76. The maximum atomic E-state index is 12.5. The fraction of sp³-hybridized carbons (Fsp3) is 0.333. The molecule has 0 aliphatic carbocycles. The Kier molecular flexibility index (Phi) is 5.20. The van der Waals surface area contributed by atoms with E-state index in [9.17, 15) is 9.59 Å². The van der Waals surface area contributed by atoms with Gasteiger partial charge in [0, 0.05) is 0 Å². The Morgan fingerprint density at radius 1 is 1.30 bits per heavy atom. The second-order valence-electron chi connectivity index (χ2n) is 5.95. The molecule has 1 aromatic rings. The molecule has 0 aromatic heterocycles. The quantitative estimate of drug-likeness (QED) is 0.366. The SMILES string of the molecule is CC(C)(C)ONC(=O)C1(C(N)=O)NC=C(c2ccc(Br)cc2)[Se]1. The summed E-state index contributed by atoms with van der Waals surface area (Å²) < 4.78 is 0.355. The summed E-state index contributed by atoms with van der Waals surface area (Å²) in [5, 5.41) is 2.86. The molecule has 1 heterocycles. The molecule has 1 aromatic carbocycles. The minimum atomic E-state index is -1.49. The second kappa shape index (κ2) is 6.65. The van der Waals surface area contributed by atoms with Crippen molar-refractivity contribution in [2.45, 2.75) is 30.8 Å². The first-order valence-electron chi connectivity index (χ1n) is 6.85. The van der Waals surface area contributed by atoms with E-state index in [1.807, 2.05) is 24.3 Å². The van der Waals surface area contributed by atoms with E-state index < -0.39 is 36.8 Å². The van der Waals surface area contributed by atoms with Crippen molar-refractivity contribution in [3.63, 3.8) is 0 Å². The Bertz CT molecular complexity index is 655. The molecule has 124 valence electrons. The third-order valence-electron chi connectivity index (χ3n) is 2.91. The van der Waals surface area contributed by atoms with Gasteiger partial charge in [-0.1, -0.05) is 0 Å². The molecule has 1 aliphatic rings. The normalized spacial score (nSPS) is 20.6. The average molecular weight is 447 g/mol. The Morgan fingerprint density at radius 2 is 1.91 bits per heavy atom. The number of carbonyl (C=O) groups is 2. The third-order valence-corrected chi connectivity index (χ3v) is 6.35. The molecule has 23 heavy (non-hydrogen) atoms. The first kappa shape index (κ1) is 18.0. The molecule has 0 bridgehead atoms.